The van der Waals surface area contributed by atoms with Gasteiger partial charge in [0.2, 0.25) is 0 Å². The van der Waals surface area contributed by atoms with Gasteiger partial charge in [0.15, 0.2) is 17.6 Å². The Morgan fingerprint density at radius 1 is 1.33 bits per heavy atom. The summed E-state index contributed by atoms with van der Waals surface area (Å²) in [6.07, 6.45) is -4.73. The van der Waals surface area contributed by atoms with Gasteiger partial charge in [0.1, 0.15) is 0 Å². The SMILES string of the molecule is CCCn1c(SCCNC(=O)OCC(F)(F)F)nnc1-c1cccc(C)c1. The Balaban J connectivity index is 1.92. The number of aromatic nitrogens is 3. The number of carbonyl (C=O) groups excluding carboxylic acids is 1. The van der Waals surface area contributed by atoms with Gasteiger partial charge in [-0.2, -0.15) is 13.2 Å². The molecule has 1 heterocycles. The average molecular weight is 402 g/mol. The Kier molecular flexibility index (Phi) is 7.52. The Bertz CT molecular complexity index is 765. The molecular formula is C17H21F3N4O2S. The lowest BCUT2D eigenvalue weighted by Gasteiger charge is -2.10. The number of amides is 1. The number of rotatable bonds is 8. The molecule has 0 atom stereocenters. The summed E-state index contributed by atoms with van der Waals surface area (Å²) in [7, 11) is 0. The minimum absolute atomic E-state index is 0.153. The van der Waals surface area contributed by atoms with Gasteiger partial charge in [-0.1, -0.05) is 42.4 Å². The van der Waals surface area contributed by atoms with Crippen LogP contribution < -0.4 is 5.32 Å². The fourth-order valence-electron chi connectivity index (χ4n) is 2.31. The monoisotopic (exact) mass is 402 g/mol. The summed E-state index contributed by atoms with van der Waals surface area (Å²) in [6.45, 7) is 3.34. The molecule has 0 bridgehead atoms. The number of alkyl carbamates (subject to hydrolysis) is 1. The van der Waals surface area contributed by atoms with Crippen LogP contribution in [0.25, 0.3) is 11.4 Å². The van der Waals surface area contributed by atoms with E-state index >= 15 is 0 Å². The van der Waals surface area contributed by atoms with E-state index in [4.69, 9.17) is 0 Å². The van der Waals surface area contributed by atoms with Gasteiger partial charge >= 0.3 is 12.3 Å². The first-order valence-electron chi connectivity index (χ1n) is 8.40. The highest BCUT2D eigenvalue weighted by atomic mass is 32.2. The molecular weight excluding hydrogens is 381 g/mol. The zero-order chi connectivity index (χ0) is 19.9. The number of aryl methyl sites for hydroxylation is 1. The molecule has 0 aliphatic heterocycles. The van der Waals surface area contributed by atoms with Crippen molar-refractivity contribution in [1.29, 1.82) is 0 Å². The third-order valence-electron chi connectivity index (χ3n) is 3.41. The topological polar surface area (TPSA) is 69.0 Å². The second kappa shape index (κ2) is 9.63. The lowest BCUT2D eigenvalue weighted by molar-refractivity contribution is -0.160. The Labute approximate surface area is 159 Å². The molecule has 2 aromatic rings. The van der Waals surface area contributed by atoms with Gasteiger partial charge in [-0.05, 0) is 19.4 Å². The molecule has 148 valence electrons. The summed E-state index contributed by atoms with van der Waals surface area (Å²) in [6, 6.07) is 7.96. The lowest BCUT2D eigenvalue weighted by Crippen LogP contribution is -2.30. The number of nitrogens with zero attached hydrogens (tertiary/aromatic N) is 3. The van der Waals surface area contributed by atoms with Crippen molar-refractivity contribution in [2.45, 2.75) is 38.1 Å². The maximum Gasteiger partial charge on any atom is 0.422 e. The molecule has 27 heavy (non-hydrogen) atoms. The third-order valence-corrected chi connectivity index (χ3v) is 4.38. The molecule has 0 fully saturated rings. The highest BCUT2D eigenvalue weighted by Crippen LogP contribution is 2.24. The van der Waals surface area contributed by atoms with Crippen molar-refractivity contribution in [2.24, 2.45) is 0 Å². The van der Waals surface area contributed by atoms with E-state index in [1.54, 1.807) is 0 Å². The third kappa shape index (κ3) is 6.78. The van der Waals surface area contributed by atoms with Crippen molar-refractivity contribution >= 4 is 17.9 Å². The molecule has 1 amide bonds. The lowest BCUT2D eigenvalue weighted by atomic mass is 10.1. The van der Waals surface area contributed by atoms with Crippen LogP contribution >= 0.6 is 11.8 Å². The first-order valence-corrected chi connectivity index (χ1v) is 9.39. The predicted octanol–water partition coefficient (Wildman–Crippen LogP) is 4.04. The molecule has 0 radical (unpaired) electrons. The average Bonchev–Trinajstić information content (AvgIpc) is 2.99. The second-order valence-corrected chi connectivity index (χ2v) is 6.86. The van der Waals surface area contributed by atoms with Crippen LogP contribution in [0.3, 0.4) is 0 Å². The van der Waals surface area contributed by atoms with Crippen LogP contribution in [0.1, 0.15) is 18.9 Å². The highest BCUT2D eigenvalue weighted by molar-refractivity contribution is 7.99. The van der Waals surface area contributed by atoms with Crippen molar-refractivity contribution in [3.63, 3.8) is 0 Å². The number of halogens is 3. The smallest absolute Gasteiger partial charge is 0.422 e. The quantitative estimate of drug-likeness (QED) is 0.533. The van der Waals surface area contributed by atoms with Gasteiger partial charge in [0, 0.05) is 24.4 Å². The Morgan fingerprint density at radius 2 is 2.11 bits per heavy atom. The van der Waals surface area contributed by atoms with E-state index < -0.39 is 18.9 Å². The van der Waals surface area contributed by atoms with Gasteiger partial charge in [0.25, 0.3) is 0 Å². The zero-order valence-electron chi connectivity index (χ0n) is 15.0. The minimum Gasteiger partial charge on any atom is -0.440 e. The molecule has 0 aliphatic rings. The van der Waals surface area contributed by atoms with E-state index in [-0.39, 0.29) is 6.54 Å². The van der Waals surface area contributed by atoms with Crippen molar-refractivity contribution < 1.29 is 22.7 Å². The molecule has 0 aliphatic carbocycles. The first-order chi connectivity index (χ1) is 12.8. The maximum atomic E-state index is 12.0. The molecule has 1 N–H and O–H groups in total. The van der Waals surface area contributed by atoms with E-state index in [9.17, 15) is 18.0 Å². The predicted molar refractivity (Wildman–Crippen MR) is 96.6 cm³/mol. The fraction of sp³-hybridized carbons (Fsp3) is 0.471. The highest BCUT2D eigenvalue weighted by Gasteiger charge is 2.29. The van der Waals surface area contributed by atoms with E-state index in [2.05, 4.69) is 20.3 Å². The van der Waals surface area contributed by atoms with Gasteiger partial charge in [-0.25, -0.2) is 4.79 Å². The summed E-state index contributed by atoms with van der Waals surface area (Å²) in [5, 5.41) is 11.5. The number of ether oxygens (including phenoxy) is 1. The normalized spacial score (nSPS) is 11.4. The standard InChI is InChI=1S/C17H21F3N4O2S/c1-3-8-24-14(13-6-4-5-12(2)10-13)22-23-15(24)27-9-7-21-16(25)26-11-17(18,19)20/h4-6,10H,3,7-9,11H2,1-2H3,(H,21,25). The molecule has 2 rings (SSSR count). The van der Waals surface area contributed by atoms with Crippen molar-refractivity contribution in [1.82, 2.24) is 20.1 Å². The van der Waals surface area contributed by atoms with Crippen LogP contribution in [-0.4, -0.2) is 45.9 Å². The molecule has 0 saturated heterocycles. The summed E-state index contributed by atoms with van der Waals surface area (Å²) in [5.74, 6) is 1.19. The Morgan fingerprint density at radius 3 is 2.78 bits per heavy atom. The number of hydrogen-bond acceptors (Lipinski definition) is 5. The van der Waals surface area contributed by atoms with Crippen LogP contribution in [0.5, 0.6) is 0 Å². The zero-order valence-corrected chi connectivity index (χ0v) is 15.9. The van der Waals surface area contributed by atoms with E-state index in [1.807, 2.05) is 42.7 Å². The minimum atomic E-state index is -4.53. The molecule has 6 nitrogen and oxygen atoms in total. The number of alkyl halides is 3. The summed E-state index contributed by atoms with van der Waals surface area (Å²) in [4.78, 5) is 11.2. The number of nitrogens with one attached hydrogen (secondary N) is 1. The van der Waals surface area contributed by atoms with Gasteiger partial charge < -0.3 is 14.6 Å². The van der Waals surface area contributed by atoms with Crippen molar-refractivity contribution in [3.05, 3.63) is 29.8 Å². The van der Waals surface area contributed by atoms with Crippen LogP contribution in [0.15, 0.2) is 29.4 Å². The van der Waals surface area contributed by atoms with Crippen LogP contribution in [-0.2, 0) is 11.3 Å². The summed E-state index contributed by atoms with van der Waals surface area (Å²) < 4.78 is 42.0. The largest absolute Gasteiger partial charge is 0.440 e. The van der Waals surface area contributed by atoms with Crippen molar-refractivity contribution in [2.75, 3.05) is 18.9 Å². The van der Waals surface area contributed by atoms with Gasteiger partial charge in [-0.3, -0.25) is 0 Å². The van der Waals surface area contributed by atoms with Crippen molar-refractivity contribution in [3.8, 4) is 11.4 Å². The fourth-order valence-corrected chi connectivity index (χ4v) is 3.13. The molecule has 0 saturated carbocycles. The van der Waals surface area contributed by atoms with Crippen LogP contribution in [0.4, 0.5) is 18.0 Å². The second-order valence-electron chi connectivity index (χ2n) is 5.79. The molecule has 1 aromatic carbocycles. The molecule has 10 heteroatoms. The maximum absolute atomic E-state index is 12.0. The number of benzene rings is 1. The molecule has 0 spiro atoms. The summed E-state index contributed by atoms with van der Waals surface area (Å²) >= 11 is 1.37. The number of thioether (sulfide) groups is 1. The van der Waals surface area contributed by atoms with E-state index in [0.29, 0.717) is 10.9 Å². The summed E-state index contributed by atoms with van der Waals surface area (Å²) in [5.41, 5.74) is 2.09. The Hall–Kier alpha value is -2.23. The number of hydrogen-bond donors (Lipinski definition) is 1. The van der Waals surface area contributed by atoms with Crippen LogP contribution in [0, 0.1) is 6.92 Å². The van der Waals surface area contributed by atoms with Gasteiger partial charge in [-0.15, -0.1) is 10.2 Å². The van der Waals surface area contributed by atoms with Gasteiger partial charge in [0.05, 0.1) is 0 Å². The van der Waals surface area contributed by atoms with E-state index in [1.165, 1.54) is 11.8 Å². The first kappa shape index (κ1) is 21.1. The van der Waals surface area contributed by atoms with Crippen LogP contribution in [0.2, 0.25) is 0 Å². The van der Waals surface area contributed by atoms with E-state index in [0.717, 1.165) is 29.9 Å². The molecule has 0 unspecified atom stereocenters. The number of carbonyl (C=O) groups is 1. The molecule has 1 aromatic heterocycles.